The molecule has 7 heteroatoms. The Morgan fingerprint density at radius 2 is 1.57 bits per heavy atom. The molecule has 3 aromatic rings. The Morgan fingerprint density at radius 3 is 2.26 bits per heavy atom. The molecule has 7 nitrogen and oxygen atoms in total. The standard InChI is InChI=1S/C28H32N4O3/c1-19(2)13-15-30-27(34)25(18-31-26(33)22-11-9-20(3)10-12-22)32-28(35)24-17-23(14-16-29-24)21-7-5-4-6-8-21/h4-12,14,16-17,19,25H,13,15,18H2,1-3H3,(H,30,34)(H,31,33)(H,32,35)/t25-/m0/s1. The fraction of sp³-hybridized carbons (Fsp3) is 0.286. The number of hydrogen-bond acceptors (Lipinski definition) is 4. The van der Waals surface area contributed by atoms with Gasteiger partial charge in [-0.25, -0.2) is 0 Å². The van der Waals surface area contributed by atoms with E-state index in [9.17, 15) is 14.4 Å². The number of aryl methyl sites for hydroxylation is 1. The first-order valence-corrected chi connectivity index (χ1v) is 11.8. The van der Waals surface area contributed by atoms with Crippen molar-refractivity contribution in [2.45, 2.75) is 33.2 Å². The summed E-state index contributed by atoms with van der Waals surface area (Å²) >= 11 is 0. The minimum absolute atomic E-state index is 0.0513. The number of pyridine rings is 1. The van der Waals surface area contributed by atoms with Gasteiger partial charge in [0.25, 0.3) is 11.8 Å². The van der Waals surface area contributed by atoms with Crippen LogP contribution < -0.4 is 16.0 Å². The zero-order valence-electron chi connectivity index (χ0n) is 20.4. The smallest absolute Gasteiger partial charge is 0.270 e. The van der Waals surface area contributed by atoms with Crippen LogP contribution in [-0.4, -0.2) is 41.8 Å². The Kier molecular flexibility index (Phi) is 9.12. The second kappa shape index (κ2) is 12.5. The molecule has 3 rings (SSSR count). The van der Waals surface area contributed by atoms with Gasteiger partial charge in [0.15, 0.2) is 0 Å². The number of hydrogen-bond donors (Lipinski definition) is 3. The van der Waals surface area contributed by atoms with Gasteiger partial charge in [-0.05, 0) is 54.7 Å². The van der Waals surface area contributed by atoms with Crippen LogP contribution in [0.1, 0.15) is 46.7 Å². The number of nitrogens with one attached hydrogen (secondary N) is 3. The Labute approximate surface area is 206 Å². The molecule has 1 aromatic heterocycles. The Hall–Kier alpha value is -4.00. The van der Waals surface area contributed by atoms with Crippen molar-refractivity contribution >= 4 is 17.7 Å². The van der Waals surface area contributed by atoms with Gasteiger partial charge in [-0.15, -0.1) is 0 Å². The molecule has 3 N–H and O–H groups in total. The largest absolute Gasteiger partial charge is 0.354 e. The van der Waals surface area contributed by atoms with Gasteiger partial charge in [-0.3, -0.25) is 19.4 Å². The van der Waals surface area contributed by atoms with Crippen LogP contribution in [0, 0.1) is 12.8 Å². The fourth-order valence-corrected chi connectivity index (χ4v) is 3.42. The van der Waals surface area contributed by atoms with Crippen molar-refractivity contribution in [1.29, 1.82) is 0 Å². The molecule has 0 aliphatic rings. The van der Waals surface area contributed by atoms with Gasteiger partial charge >= 0.3 is 0 Å². The van der Waals surface area contributed by atoms with Gasteiger partial charge in [-0.2, -0.15) is 0 Å². The van der Waals surface area contributed by atoms with Gasteiger partial charge in [-0.1, -0.05) is 61.9 Å². The second-order valence-electron chi connectivity index (χ2n) is 8.87. The quantitative estimate of drug-likeness (QED) is 0.418. The molecule has 1 heterocycles. The van der Waals surface area contributed by atoms with Gasteiger partial charge in [0, 0.05) is 24.8 Å². The fourth-order valence-electron chi connectivity index (χ4n) is 3.42. The summed E-state index contributed by atoms with van der Waals surface area (Å²) in [4.78, 5) is 42.6. The molecule has 0 saturated carbocycles. The SMILES string of the molecule is Cc1ccc(C(=O)NC[C@H](NC(=O)c2cc(-c3ccccc3)ccn2)C(=O)NCCC(C)C)cc1. The van der Waals surface area contributed by atoms with Crippen LogP contribution in [0.3, 0.4) is 0 Å². The van der Waals surface area contributed by atoms with E-state index in [4.69, 9.17) is 0 Å². The molecule has 0 aliphatic carbocycles. The molecule has 182 valence electrons. The Morgan fingerprint density at radius 1 is 0.857 bits per heavy atom. The molecular formula is C28H32N4O3. The van der Waals surface area contributed by atoms with Crippen LogP contribution in [0.4, 0.5) is 0 Å². The van der Waals surface area contributed by atoms with Crippen molar-refractivity contribution in [1.82, 2.24) is 20.9 Å². The molecule has 0 spiro atoms. The van der Waals surface area contributed by atoms with E-state index in [0.29, 0.717) is 18.0 Å². The average Bonchev–Trinajstić information content (AvgIpc) is 2.87. The summed E-state index contributed by atoms with van der Waals surface area (Å²) < 4.78 is 0. The number of aromatic nitrogens is 1. The number of amides is 3. The summed E-state index contributed by atoms with van der Waals surface area (Å²) in [5.74, 6) is -0.739. The third-order valence-electron chi connectivity index (χ3n) is 5.52. The number of carbonyl (C=O) groups excluding carboxylic acids is 3. The molecule has 0 saturated heterocycles. The lowest BCUT2D eigenvalue weighted by Gasteiger charge is -2.19. The number of rotatable bonds is 10. The van der Waals surface area contributed by atoms with E-state index in [1.165, 1.54) is 0 Å². The van der Waals surface area contributed by atoms with Crippen molar-refractivity contribution < 1.29 is 14.4 Å². The lowest BCUT2D eigenvalue weighted by molar-refractivity contribution is -0.122. The third kappa shape index (κ3) is 7.78. The molecule has 0 unspecified atom stereocenters. The molecule has 0 fully saturated rings. The predicted octanol–water partition coefficient (Wildman–Crippen LogP) is 3.75. The molecule has 35 heavy (non-hydrogen) atoms. The van der Waals surface area contributed by atoms with Crippen LogP contribution in [0.5, 0.6) is 0 Å². The van der Waals surface area contributed by atoms with Crippen molar-refractivity contribution in [3.63, 3.8) is 0 Å². The first-order chi connectivity index (χ1) is 16.8. The third-order valence-corrected chi connectivity index (χ3v) is 5.52. The first-order valence-electron chi connectivity index (χ1n) is 11.8. The minimum Gasteiger partial charge on any atom is -0.354 e. The summed E-state index contributed by atoms with van der Waals surface area (Å²) in [6.45, 7) is 6.51. The Bertz CT molecular complexity index is 1140. The van der Waals surface area contributed by atoms with Gasteiger partial charge < -0.3 is 16.0 Å². The molecule has 0 radical (unpaired) electrons. The van der Waals surface area contributed by atoms with Crippen molar-refractivity contribution in [2.24, 2.45) is 5.92 Å². The summed E-state index contributed by atoms with van der Waals surface area (Å²) in [5, 5.41) is 8.35. The zero-order valence-corrected chi connectivity index (χ0v) is 20.4. The lowest BCUT2D eigenvalue weighted by atomic mass is 10.1. The van der Waals surface area contributed by atoms with Crippen molar-refractivity contribution in [3.8, 4) is 11.1 Å². The van der Waals surface area contributed by atoms with E-state index >= 15 is 0 Å². The number of nitrogens with zero attached hydrogens (tertiary/aromatic N) is 1. The van der Waals surface area contributed by atoms with Crippen LogP contribution in [0.2, 0.25) is 0 Å². The molecular weight excluding hydrogens is 440 g/mol. The molecule has 0 aliphatic heterocycles. The van der Waals surface area contributed by atoms with E-state index in [1.54, 1.807) is 24.4 Å². The van der Waals surface area contributed by atoms with E-state index < -0.39 is 11.9 Å². The second-order valence-corrected chi connectivity index (χ2v) is 8.87. The number of benzene rings is 2. The van der Waals surface area contributed by atoms with E-state index in [0.717, 1.165) is 23.1 Å². The zero-order chi connectivity index (χ0) is 25.2. The average molecular weight is 473 g/mol. The van der Waals surface area contributed by atoms with E-state index in [-0.39, 0.29) is 24.1 Å². The van der Waals surface area contributed by atoms with Crippen LogP contribution >= 0.6 is 0 Å². The summed E-state index contributed by atoms with van der Waals surface area (Å²) in [7, 11) is 0. The van der Waals surface area contributed by atoms with Gasteiger partial charge in [0.2, 0.25) is 5.91 Å². The first kappa shape index (κ1) is 25.6. The maximum Gasteiger partial charge on any atom is 0.270 e. The monoisotopic (exact) mass is 472 g/mol. The van der Waals surface area contributed by atoms with Gasteiger partial charge in [0.05, 0.1) is 0 Å². The highest BCUT2D eigenvalue weighted by molar-refractivity contribution is 5.98. The summed E-state index contributed by atoms with van der Waals surface area (Å²) in [5.41, 5.74) is 3.52. The predicted molar refractivity (Wildman–Crippen MR) is 137 cm³/mol. The van der Waals surface area contributed by atoms with Crippen LogP contribution in [0.15, 0.2) is 72.9 Å². The highest BCUT2D eigenvalue weighted by Gasteiger charge is 2.23. The summed E-state index contributed by atoms with van der Waals surface area (Å²) in [6.07, 6.45) is 2.37. The van der Waals surface area contributed by atoms with Crippen molar-refractivity contribution in [2.75, 3.05) is 13.1 Å². The van der Waals surface area contributed by atoms with E-state index in [2.05, 4.69) is 34.8 Å². The van der Waals surface area contributed by atoms with Gasteiger partial charge in [0.1, 0.15) is 11.7 Å². The molecule has 0 bridgehead atoms. The highest BCUT2D eigenvalue weighted by Crippen LogP contribution is 2.18. The highest BCUT2D eigenvalue weighted by atomic mass is 16.2. The minimum atomic E-state index is -0.953. The van der Waals surface area contributed by atoms with E-state index in [1.807, 2.05) is 55.5 Å². The molecule has 1 atom stereocenters. The van der Waals surface area contributed by atoms with Crippen molar-refractivity contribution in [3.05, 3.63) is 89.7 Å². The maximum atomic E-state index is 13.0. The molecule has 3 amide bonds. The van der Waals surface area contributed by atoms with Crippen LogP contribution in [0.25, 0.3) is 11.1 Å². The maximum absolute atomic E-state index is 13.0. The topological polar surface area (TPSA) is 100 Å². The normalized spacial score (nSPS) is 11.5. The lowest BCUT2D eigenvalue weighted by Crippen LogP contribution is -2.53. The molecule has 2 aromatic carbocycles. The summed E-state index contributed by atoms with van der Waals surface area (Å²) in [6, 6.07) is 19.3. The number of carbonyl (C=O) groups is 3. The Balaban J connectivity index is 1.71. The van der Waals surface area contributed by atoms with Crippen LogP contribution in [-0.2, 0) is 4.79 Å².